The van der Waals surface area contributed by atoms with Crippen molar-refractivity contribution in [3.05, 3.63) is 42.7 Å². The van der Waals surface area contributed by atoms with Crippen LogP contribution in [0.1, 0.15) is 18.0 Å². The maximum absolute atomic E-state index is 11.4. The SMILES string of the molecule is C=CCNC(=O)CC(C(=O)O)c1ccccn1. The summed E-state index contributed by atoms with van der Waals surface area (Å²) in [6.45, 7) is 3.79. The van der Waals surface area contributed by atoms with Crippen LogP contribution in [-0.4, -0.2) is 28.5 Å². The third-order valence-corrected chi connectivity index (χ3v) is 2.18. The van der Waals surface area contributed by atoms with Gasteiger partial charge in [-0.15, -0.1) is 6.58 Å². The van der Waals surface area contributed by atoms with Crippen molar-refractivity contribution in [1.29, 1.82) is 0 Å². The number of pyridine rings is 1. The van der Waals surface area contributed by atoms with Crippen molar-refractivity contribution in [1.82, 2.24) is 10.3 Å². The van der Waals surface area contributed by atoms with Crippen molar-refractivity contribution in [3.8, 4) is 0 Å². The molecule has 0 bridgehead atoms. The number of rotatable bonds is 6. The average Bonchev–Trinajstić information content (AvgIpc) is 2.34. The molecule has 17 heavy (non-hydrogen) atoms. The Hall–Kier alpha value is -2.17. The zero-order valence-electron chi connectivity index (χ0n) is 9.30. The van der Waals surface area contributed by atoms with Gasteiger partial charge in [-0.3, -0.25) is 14.6 Å². The molecule has 0 aliphatic heterocycles. The number of hydrogen-bond acceptors (Lipinski definition) is 3. The summed E-state index contributed by atoms with van der Waals surface area (Å²) < 4.78 is 0. The lowest BCUT2D eigenvalue weighted by Gasteiger charge is -2.11. The summed E-state index contributed by atoms with van der Waals surface area (Å²) in [5.74, 6) is -2.30. The molecule has 0 saturated heterocycles. The second-order valence-electron chi connectivity index (χ2n) is 3.44. The highest BCUT2D eigenvalue weighted by molar-refractivity contribution is 5.85. The first-order valence-electron chi connectivity index (χ1n) is 5.16. The number of aromatic nitrogens is 1. The quantitative estimate of drug-likeness (QED) is 0.718. The van der Waals surface area contributed by atoms with Gasteiger partial charge in [0.25, 0.3) is 0 Å². The fourth-order valence-corrected chi connectivity index (χ4v) is 1.34. The number of nitrogens with one attached hydrogen (secondary N) is 1. The van der Waals surface area contributed by atoms with Crippen LogP contribution in [-0.2, 0) is 9.59 Å². The minimum absolute atomic E-state index is 0.125. The minimum Gasteiger partial charge on any atom is -0.481 e. The zero-order chi connectivity index (χ0) is 12.7. The largest absolute Gasteiger partial charge is 0.481 e. The average molecular weight is 234 g/mol. The van der Waals surface area contributed by atoms with Crippen LogP contribution in [0.25, 0.3) is 0 Å². The summed E-state index contributed by atoms with van der Waals surface area (Å²) in [4.78, 5) is 26.5. The maximum Gasteiger partial charge on any atom is 0.313 e. The predicted molar refractivity (Wildman–Crippen MR) is 62.4 cm³/mol. The van der Waals surface area contributed by atoms with Gasteiger partial charge in [0.15, 0.2) is 0 Å². The van der Waals surface area contributed by atoms with E-state index in [1.165, 1.54) is 12.3 Å². The highest BCUT2D eigenvalue weighted by Crippen LogP contribution is 2.17. The number of amides is 1. The van der Waals surface area contributed by atoms with E-state index in [9.17, 15) is 9.59 Å². The molecule has 0 fully saturated rings. The van der Waals surface area contributed by atoms with Crippen molar-refractivity contribution < 1.29 is 14.7 Å². The van der Waals surface area contributed by atoms with E-state index in [-0.39, 0.29) is 12.3 Å². The fourth-order valence-electron chi connectivity index (χ4n) is 1.34. The Bertz CT molecular complexity index is 403. The van der Waals surface area contributed by atoms with E-state index in [1.54, 1.807) is 18.2 Å². The van der Waals surface area contributed by atoms with Crippen molar-refractivity contribution in [3.63, 3.8) is 0 Å². The van der Waals surface area contributed by atoms with Gasteiger partial charge in [0.2, 0.25) is 5.91 Å². The first kappa shape index (κ1) is 12.9. The zero-order valence-corrected chi connectivity index (χ0v) is 9.30. The van der Waals surface area contributed by atoms with Gasteiger partial charge in [-0.2, -0.15) is 0 Å². The molecule has 0 aliphatic carbocycles. The molecule has 0 aromatic carbocycles. The summed E-state index contributed by atoms with van der Waals surface area (Å²) in [5, 5.41) is 11.6. The predicted octanol–water partition coefficient (Wildman–Crippen LogP) is 0.942. The van der Waals surface area contributed by atoms with E-state index in [0.717, 1.165) is 0 Å². The molecule has 1 heterocycles. The second kappa shape index (κ2) is 6.42. The minimum atomic E-state index is -1.06. The summed E-state index contributed by atoms with van der Waals surface area (Å²) in [5.41, 5.74) is 0.383. The van der Waals surface area contributed by atoms with Crippen molar-refractivity contribution in [2.45, 2.75) is 12.3 Å². The Morgan fingerprint density at radius 2 is 2.29 bits per heavy atom. The van der Waals surface area contributed by atoms with E-state index in [2.05, 4.69) is 16.9 Å². The highest BCUT2D eigenvalue weighted by atomic mass is 16.4. The Kier molecular flexibility index (Phi) is 4.87. The number of aliphatic carboxylic acids is 1. The van der Waals surface area contributed by atoms with Gasteiger partial charge in [-0.1, -0.05) is 12.1 Å². The Morgan fingerprint density at radius 3 is 2.82 bits per heavy atom. The van der Waals surface area contributed by atoms with Crippen molar-refractivity contribution >= 4 is 11.9 Å². The molecular weight excluding hydrogens is 220 g/mol. The Morgan fingerprint density at radius 1 is 1.53 bits per heavy atom. The number of nitrogens with zero attached hydrogens (tertiary/aromatic N) is 1. The highest BCUT2D eigenvalue weighted by Gasteiger charge is 2.23. The van der Waals surface area contributed by atoms with E-state index in [1.807, 2.05) is 0 Å². The van der Waals surface area contributed by atoms with Crippen LogP contribution in [0.15, 0.2) is 37.1 Å². The van der Waals surface area contributed by atoms with Crippen LogP contribution in [0.5, 0.6) is 0 Å². The summed E-state index contributed by atoms with van der Waals surface area (Å²) in [6, 6.07) is 4.99. The molecule has 5 nitrogen and oxygen atoms in total. The molecule has 5 heteroatoms. The number of carbonyl (C=O) groups is 2. The first-order chi connectivity index (χ1) is 8.15. The molecule has 0 spiro atoms. The molecule has 1 unspecified atom stereocenters. The third kappa shape index (κ3) is 4.06. The summed E-state index contributed by atoms with van der Waals surface area (Å²) >= 11 is 0. The monoisotopic (exact) mass is 234 g/mol. The van der Waals surface area contributed by atoms with E-state index < -0.39 is 11.9 Å². The smallest absolute Gasteiger partial charge is 0.313 e. The number of carboxylic acids is 1. The lowest BCUT2D eigenvalue weighted by Crippen LogP contribution is -2.27. The van der Waals surface area contributed by atoms with Crippen LogP contribution in [0.2, 0.25) is 0 Å². The standard InChI is InChI=1S/C12H14N2O3/c1-2-6-14-11(15)8-9(12(16)17)10-5-3-4-7-13-10/h2-5,7,9H,1,6,8H2,(H,14,15)(H,16,17). The molecule has 1 rings (SSSR count). The first-order valence-corrected chi connectivity index (χ1v) is 5.16. The van der Waals surface area contributed by atoms with Crippen LogP contribution in [0.3, 0.4) is 0 Å². The van der Waals surface area contributed by atoms with Gasteiger partial charge in [0.05, 0.1) is 5.69 Å². The Balaban J connectivity index is 2.71. The van der Waals surface area contributed by atoms with Gasteiger partial charge in [0, 0.05) is 19.2 Å². The molecule has 1 amide bonds. The van der Waals surface area contributed by atoms with Crippen LogP contribution < -0.4 is 5.32 Å². The fraction of sp³-hybridized carbons (Fsp3) is 0.250. The number of hydrogen-bond donors (Lipinski definition) is 2. The van der Waals surface area contributed by atoms with Crippen LogP contribution >= 0.6 is 0 Å². The molecule has 0 aliphatic rings. The normalized spacial score (nSPS) is 11.5. The van der Waals surface area contributed by atoms with Crippen LogP contribution in [0, 0.1) is 0 Å². The molecule has 0 saturated carbocycles. The Labute approximate surface area is 99.2 Å². The van der Waals surface area contributed by atoms with Crippen LogP contribution in [0.4, 0.5) is 0 Å². The molecule has 90 valence electrons. The topological polar surface area (TPSA) is 79.3 Å². The number of carbonyl (C=O) groups excluding carboxylic acids is 1. The lowest BCUT2D eigenvalue weighted by atomic mass is 10.0. The van der Waals surface area contributed by atoms with Gasteiger partial charge in [-0.25, -0.2) is 0 Å². The maximum atomic E-state index is 11.4. The summed E-state index contributed by atoms with van der Waals surface area (Å²) in [6.07, 6.45) is 2.92. The van der Waals surface area contributed by atoms with Gasteiger partial charge in [0.1, 0.15) is 5.92 Å². The second-order valence-corrected chi connectivity index (χ2v) is 3.44. The van der Waals surface area contributed by atoms with Gasteiger partial charge >= 0.3 is 5.97 Å². The molecule has 2 N–H and O–H groups in total. The molecule has 0 radical (unpaired) electrons. The third-order valence-electron chi connectivity index (χ3n) is 2.18. The van der Waals surface area contributed by atoms with Gasteiger partial charge in [-0.05, 0) is 12.1 Å². The lowest BCUT2D eigenvalue weighted by molar-refractivity contribution is -0.140. The van der Waals surface area contributed by atoms with Gasteiger partial charge < -0.3 is 10.4 Å². The molecule has 1 aromatic rings. The van der Waals surface area contributed by atoms with Crippen molar-refractivity contribution in [2.24, 2.45) is 0 Å². The molecule has 1 atom stereocenters. The molecule has 1 aromatic heterocycles. The van der Waals surface area contributed by atoms with E-state index in [4.69, 9.17) is 5.11 Å². The number of carboxylic acid groups (broad SMARTS) is 1. The molecular formula is C12H14N2O3. The van der Waals surface area contributed by atoms with Crippen molar-refractivity contribution in [2.75, 3.05) is 6.54 Å². The summed E-state index contributed by atoms with van der Waals surface area (Å²) in [7, 11) is 0. The van der Waals surface area contributed by atoms with E-state index >= 15 is 0 Å². The van der Waals surface area contributed by atoms with E-state index in [0.29, 0.717) is 12.2 Å².